The maximum Gasteiger partial charge on any atom is 0.135 e. The lowest BCUT2D eigenvalue weighted by Crippen LogP contribution is -1.93. The quantitative estimate of drug-likeness (QED) is 0.153. The summed E-state index contributed by atoms with van der Waals surface area (Å²) < 4.78 is 6.35. The van der Waals surface area contributed by atoms with Gasteiger partial charge >= 0.3 is 0 Å². The third-order valence-electron chi connectivity index (χ3n) is 11.1. The lowest BCUT2D eigenvalue weighted by molar-refractivity contribution is 0.668. The number of furan rings is 1. The van der Waals surface area contributed by atoms with Crippen molar-refractivity contribution >= 4 is 54.3 Å². The van der Waals surface area contributed by atoms with Crippen LogP contribution in [0.25, 0.3) is 98.8 Å². The van der Waals surface area contributed by atoms with Gasteiger partial charge in [-0.15, -0.1) is 0 Å². The fourth-order valence-electron chi connectivity index (χ4n) is 8.49. The molecule has 0 fully saturated rings. The van der Waals surface area contributed by atoms with Crippen LogP contribution in [0.4, 0.5) is 0 Å². The van der Waals surface area contributed by atoms with E-state index in [-0.39, 0.29) is 0 Å². The molecule has 0 N–H and O–H groups in total. The van der Waals surface area contributed by atoms with Gasteiger partial charge in [-0.1, -0.05) is 159 Å². The minimum atomic E-state index is 0.930. The van der Waals surface area contributed by atoms with Gasteiger partial charge in [0, 0.05) is 10.8 Å². The van der Waals surface area contributed by atoms with Crippen molar-refractivity contribution in [1.29, 1.82) is 0 Å². The maximum atomic E-state index is 6.35. The van der Waals surface area contributed by atoms with E-state index in [1.807, 2.05) is 0 Å². The summed E-state index contributed by atoms with van der Waals surface area (Å²) in [5.41, 5.74) is 13.1. The van der Waals surface area contributed by atoms with Gasteiger partial charge in [-0.25, -0.2) is 0 Å². The van der Waals surface area contributed by atoms with Gasteiger partial charge in [-0.2, -0.15) is 0 Å². The number of aryl methyl sites for hydroxylation is 1. The number of unbranched alkanes of at least 4 members (excludes halogenated alkanes) is 1. The molecule has 0 spiro atoms. The molecule has 0 atom stereocenters. The van der Waals surface area contributed by atoms with E-state index in [2.05, 4.69) is 183 Å². The molecule has 53 heavy (non-hydrogen) atoms. The number of rotatable bonds is 7. The first kappa shape index (κ1) is 31.3. The Morgan fingerprint density at radius 3 is 1.66 bits per heavy atom. The average Bonchev–Trinajstić information content (AvgIpc) is 3.59. The Morgan fingerprint density at radius 2 is 0.943 bits per heavy atom. The number of benzene rings is 9. The minimum Gasteiger partial charge on any atom is -0.456 e. The summed E-state index contributed by atoms with van der Waals surface area (Å²) in [6.07, 6.45) is 3.47. The lowest BCUT2D eigenvalue weighted by Gasteiger charge is -2.20. The SMILES string of the molecule is CCCCc1ccc2oc3ccc(-c4ccccc4-c4c5ccccc5c(-c5cccc6ccc(-c7ccccc7)cc56)c5ccccc45)cc3c2c1. The van der Waals surface area contributed by atoms with Crippen molar-refractivity contribution in [3.63, 3.8) is 0 Å². The van der Waals surface area contributed by atoms with Crippen molar-refractivity contribution in [3.8, 4) is 44.5 Å². The largest absolute Gasteiger partial charge is 0.456 e. The van der Waals surface area contributed by atoms with Crippen LogP contribution < -0.4 is 0 Å². The molecule has 0 saturated heterocycles. The summed E-state index contributed by atoms with van der Waals surface area (Å²) >= 11 is 0. The van der Waals surface area contributed by atoms with Gasteiger partial charge < -0.3 is 4.42 Å². The highest BCUT2D eigenvalue weighted by atomic mass is 16.3. The van der Waals surface area contributed by atoms with E-state index in [0.29, 0.717) is 0 Å². The molecule has 9 aromatic carbocycles. The van der Waals surface area contributed by atoms with Crippen molar-refractivity contribution in [3.05, 3.63) is 181 Å². The van der Waals surface area contributed by atoms with E-state index in [1.54, 1.807) is 0 Å². The normalized spacial score (nSPS) is 11.7. The van der Waals surface area contributed by atoms with Crippen LogP contribution in [0, 0.1) is 0 Å². The van der Waals surface area contributed by atoms with E-state index in [4.69, 9.17) is 4.42 Å². The third kappa shape index (κ3) is 5.31. The summed E-state index contributed by atoms with van der Waals surface area (Å²) in [4.78, 5) is 0. The monoisotopic (exact) mass is 678 g/mol. The van der Waals surface area contributed by atoms with Crippen LogP contribution in [0.3, 0.4) is 0 Å². The van der Waals surface area contributed by atoms with Crippen LogP contribution in [-0.2, 0) is 6.42 Å². The fourth-order valence-corrected chi connectivity index (χ4v) is 8.49. The zero-order valence-electron chi connectivity index (χ0n) is 29.8. The Bertz CT molecular complexity index is 2920. The Kier molecular flexibility index (Phi) is 7.65. The summed E-state index contributed by atoms with van der Waals surface area (Å²) in [7, 11) is 0. The Morgan fingerprint density at radius 1 is 0.377 bits per heavy atom. The Hall–Kier alpha value is -6.44. The molecule has 252 valence electrons. The second kappa shape index (κ2) is 13.0. The van der Waals surface area contributed by atoms with Crippen LogP contribution >= 0.6 is 0 Å². The molecule has 10 rings (SSSR count). The summed E-state index contributed by atoms with van der Waals surface area (Å²) in [6, 6.07) is 64.6. The van der Waals surface area contributed by atoms with Crippen molar-refractivity contribution in [2.24, 2.45) is 0 Å². The molecule has 0 aliphatic carbocycles. The fraction of sp³-hybridized carbons (Fsp3) is 0.0769. The highest BCUT2D eigenvalue weighted by Gasteiger charge is 2.20. The molecule has 0 aliphatic heterocycles. The zero-order chi connectivity index (χ0) is 35.3. The van der Waals surface area contributed by atoms with Gasteiger partial charge in [0.1, 0.15) is 11.2 Å². The molecule has 1 aromatic heterocycles. The average molecular weight is 679 g/mol. The molecule has 0 amide bonds. The molecule has 1 heteroatoms. The molecule has 1 nitrogen and oxygen atoms in total. The van der Waals surface area contributed by atoms with E-state index in [9.17, 15) is 0 Å². The van der Waals surface area contributed by atoms with Gasteiger partial charge in [-0.05, 0) is 126 Å². The summed E-state index contributed by atoms with van der Waals surface area (Å²) in [5, 5.41) is 9.87. The number of fused-ring (bicyclic) bond motifs is 6. The van der Waals surface area contributed by atoms with Gasteiger partial charge in [0.15, 0.2) is 0 Å². The first-order valence-electron chi connectivity index (χ1n) is 18.8. The maximum absolute atomic E-state index is 6.35. The van der Waals surface area contributed by atoms with E-state index in [0.717, 1.165) is 17.6 Å². The van der Waals surface area contributed by atoms with Crippen LogP contribution in [0.15, 0.2) is 180 Å². The van der Waals surface area contributed by atoms with Crippen LogP contribution in [0.5, 0.6) is 0 Å². The van der Waals surface area contributed by atoms with Crippen LogP contribution in [-0.4, -0.2) is 0 Å². The predicted molar refractivity (Wildman–Crippen MR) is 227 cm³/mol. The van der Waals surface area contributed by atoms with E-state index < -0.39 is 0 Å². The van der Waals surface area contributed by atoms with E-state index in [1.165, 1.54) is 106 Å². The second-order valence-corrected chi connectivity index (χ2v) is 14.2. The lowest BCUT2D eigenvalue weighted by atomic mass is 9.82. The molecule has 0 bridgehead atoms. The molecular formula is C52H38O. The topological polar surface area (TPSA) is 13.1 Å². The van der Waals surface area contributed by atoms with Crippen molar-refractivity contribution in [2.45, 2.75) is 26.2 Å². The van der Waals surface area contributed by atoms with Crippen molar-refractivity contribution in [2.75, 3.05) is 0 Å². The van der Waals surface area contributed by atoms with Gasteiger partial charge in [0.25, 0.3) is 0 Å². The number of hydrogen-bond acceptors (Lipinski definition) is 1. The summed E-state index contributed by atoms with van der Waals surface area (Å²) in [6.45, 7) is 2.25. The summed E-state index contributed by atoms with van der Waals surface area (Å²) in [5.74, 6) is 0. The van der Waals surface area contributed by atoms with E-state index >= 15 is 0 Å². The molecule has 10 aromatic rings. The van der Waals surface area contributed by atoms with Crippen molar-refractivity contribution in [1.82, 2.24) is 0 Å². The molecular weight excluding hydrogens is 641 g/mol. The Labute approximate surface area is 309 Å². The first-order chi connectivity index (χ1) is 26.2. The minimum absolute atomic E-state index is 0.930. The van der Waals surface area contributed by atoms with Crippen LogP contribution in [0.2, 0.25) is 0 Å². The highest BCUT2D eigenvalue weighted by molar-refractivity contribution is 6.24. The third-order valence-corrected chi connectivity index (χ3v) is 11.1. The second-order valence-electron chi connectivity index (χ2n) is 14.2. The highest BCUT2D eigenvalue weighted by Crippen LogP contribution is 2.48. The van der Waals surface area contributed by atoms with Crippen molar-refractivity contribution < 1.29 is 4.42 Å². The van der Waals surface area contributed by atoms with Gasteiger partial charge in [0.05, 0.1) is 0 Å². The molecule has 0 unspecified atom stereocenters. The zero-order valence-corrected chi connectivity index (χ0v) is 29.8. The Balaban J connectivity index is 1.21. The standard InChI is InChI=1S/C52H38O/c1-2-3-14-34-25-29-49-47(31-34)48-33-38(28-30-50(48)53-49)39-18-7-8-19-40(39)51-41-20-9-11-22-43(41)52(44-23-12-10-21-42(44)51)45-24-13-17-36-26-27-37(32-46(36)45)35-15-5-4-6-16-35/h4-13,15-33H,2-3,14H2,1H3. The number of hydrogen-bond donors (Lipinski definition) is 0. The molecule has 0 saturated carbocycles. The predicted octanol–water partition coefficient (Wildman–Crippen LogP) is 15.1. The molecule has 0 aliphatic rings. The first-order valence-corrected chi connectivity index (χ1v) is 18.8. The van der Waals surface area contributed by atoms with Gasteiger partial charge in [0.2, 0.25) is 0 Å². The molecule has 0 radical (unpaired) electrons. The van der Waals surface area contributed by atoms with Gasteiger partial charge in [-0.3, -0.25) is 0 Å². The smallest absolute Gasteiger partial charge is 0.135 e. The van der Waals surface area contributed by atoms with Crippen LogP contribution in [0.1, 0.15) is 25.3 Å². The molecule has 1 heterocycles.